The van der Waals surface area contributed by atoms with Gasteiger partial charge < -0.3 is 18.9 Å². The number of allylic oxidation sites excluding steroid dienone is 18. The van der Waals surface area contributed by atoms with E-state index in [-0.39, 0.29) is 32.0 Å². The summed E-state index contributed by atoms with van der Waals surface area (Å²) < 4.78 is 34.7. The molecule has 0 radical (unpaired) electrons. The Hall–Kier alpha value is -3.33. The first-order chi connectivity index (χ1) is 40.0. The van der Waals surface area contributed by atoms with Crippen LogP contribution in [0.1, 0.15) is 284 Å². The summed E-state index contributed by atoms with van der Waals surface area (Å²) in [6.07, 6.45) is 87.5. The lowest BCUT2D eigenvalue weighted by Gasteiger charge is -2.24. The van der Waals surface area contributed by atoms with Crippen LogP contribution >= 0.6 is 7.82 Å². The number of rotatable bonds is 61. The van der Waals surface area contributed by atoms with Crippen molar-refractivity contribution in [3.8, 4) is 0 Å². The highest BCUT2D eigenvalue weighted by Crippen LogP contribution is 2.43. The normalized spacial score (nSPS) is 13.9. The lowest BCUT2D eigenvalue weighted by atomic mass is 10.0. The summed E-state index contributed by atoms with van der Waals surface area (Å²) >= 11 is 0. The fourth-order valence-corrected chi connectivity index (χ4v) is 9.89. The van der Waals surface area contributed by atoms with Crippen molar-refractivity contribution in [1.82, 2.24) is 0 Å². The van der Waals surface area contributed by atoms with E-state index >= 15 is 0 Å². The highest BCUT2D eigenvalue weighted by molar-refractivity contribution is 7.47. The van der Waals surface area contributed by atoms with Crippen molar-refractivity contribution in [2.45, 2.75) is 290 Å². The van der Waals surface area contributed by atoms with Gasteiger partial charge in [0.2, 0.25) is 0 Å². The van der Waals surface area contributed by atoms with Gasteiger partial charge in [0.05, 0.1) is 27.7 Å². The highest BCUT2D eigenvalue weighted by Gasteiger charge is 2.27. The largest absolute Gasteiger partial charge is 0.472 e. The van der Waals surface area contributed by atoms with Crippen LogP contribution < -0.4 is 0 Å². The molecule has 0 spiro atoms. The molecule has 2 unspecified atom stereocenters. The van der Waals surface area contributed by atoms with Gasteiger partial charge in [-0.3, -0.25) is 18.6 Å². The van der Waals surface area contributed by atoms with Gasteiger partial charge in [-0.05, 0) is 103 Å². The molecule has 0 aliphatic carbocycles. The van der Waals surface area contributed by atoms with E-state index in [1.165, 1.54) is 154 Å². The molecule has 0 aliphatic rings. The fraction of sp³-hybridized carbons (Fsp3) is 0.722. The van der Waals surface area contributed by atoms with Crippen molar-refractivity contribution in [2.75, 3.05) is 47.5 Å². The van der Waals surface area contributed by atoms with Crippen molar-refractivity contribution < 1.29 is 42.1 Å². The Morgan fingerprint density at radius 1 is 0.390 bits per heavy atom. The first kappa shape index (κ1) is 78.7. The number of quaternary nitrogens is 1. The van der Waals surface area contributed by atoms with Crippen LogP contribution in [-0.4, -0.2) is 74.9 Å². The smallest absolute Gasteiger partial charge is 0.462 e. The molecule has 0 saturated heterocycles. The summed E-state index contributed by atoms with van der Waals surface area (Å²) in [6.45, 7) is 4.33. The molecule has 0 aliphatic heterocycles. The van der Waals surface area contributed by atoms with E-state index in [1.54, 1.807) is 0 Å². The van der Waals surface area contributed by atoms with E-state index in [4.69, 9.17) is 18.5 Å². The summed E-state index contributed by atoms with van der Waals surface area (Å²) in [4.78, 5) is 35.8. The third-order valence-electron chi connectivity index (χ3n) is 14.3. The Balaban J connectivity index is 4.11. The quantitative estimate of drug-likeness (QED) is 0.0211. The van der Waals surface area contributed by atoms with Crippen LogP contribution in [-0.2, 0) is 32.7 Å². The topological polar surface area (TPSA) is 108 Å². The minimum atomic E-state index is -4.40. The molecule has 0 bridgehead atoms. The lowest BCUT2D eigenvalue weighted by molar-refractivity contribution is -0.870. The van der Waals surface area contributed by atoms with E-state index < -0.39 is 26.5 Å². The summed E-state index contributed by atoms with van der Waals surface area (Å²) in [6, 6.07) is 0. The van der Waals surface area contributed by atoms with E-state index in [2.05, 4.69) is 123 Å². The zero-order chi connectivity index (χ0) is 59.8. The average Bonchev–Trinajstić information content (AvgIpc) is 3.45. The minimum absolute atomic E-state index is 0.0268. The number of phosphoric acid groups is 1. The van der Waals surface area contributed by atoms with E-state index in [0.717, 1.165) is 96.3 Å². The monoisotopic (exact) mass is 1160 g/mol. The van der Waals surface area contributed by atoms with Crippen LogP contribution in [0.2, 0.25) is 0 Å². The number of nitrogens with zero attached hydrogens (tertiary/aromatic N) is 1. The van der Waals surface area contributed by atoms with E-state index in [9.17, 15) is 19.0 Å². The van der Waals surface area contributed by atoms with Crippen molar-refractivity contribution in [2.24, 2.45) is 0 Å². The lowest BCUT2D eigenvalue weighted by Crippen LogP contribution is -2.37. The van der Waals surface area contributed by atoms with E-state index in [0.29, 0.717) is 17.4 Å². The van der Waals surface area contributed by atoms with Gasteiger partial charge in [-0.25, -0.2) is 4.57 Å². The number of hydrogen-bond acceptors (Lipinski definition) is 7. The Morgan fingerprint density at radius 2 is 0.695 bits per heavy atom. The average molecular weight is 1170 g/mol. The van der Waals surface area contributed by atoms with Gasteiger partial charge in [-0.2, -0.15) is 0 Å². The number of hydrogen-bond donors (Lipinski definition) is 1. The number of likely N-dealkylation sites (N-methyl/N-ethyl adjacent to an activating group) is 1. The van der Waals surface area contributed by atoms with Gasteiger partial charge >= 0.3 is 19.8 Å². The molecule has 10 heteroatoms. The Morgan fingerprint density at radius 3 is 1.05 bits per heavy atom. The van der Waals surface area contributed by atoms with Crippen molar-refractivity contribution in [3.63, 3.8) is 0 Å². The second-order valence-electron chi connectivity index (χ2n) is 23.5. The number of phosphoric ester groups is 1. The van der Waals surface area contributed by atoms with Crippen molar-refractivity contribution in [3.05, 3.63) is 109 Å². The fourth-order valence-electron chi connectivity index (χ4n) is 9.15. The molecule has 9 nitrogen and oxygen atoms in total. The molecule has 0 aromatic carbocycles. The van der Waals surface area contributed by atoms with E-state index in [1.807, 2.05) is 21.1 Å². The summed E-state index contributed by atoms with van der Waals surface area (Å²) in [5.41, 5.74) is 0. The zero-order valence-corrected chi connectivity index (χ0v) is 54.6. The molecule has 0 fully saturated rings. The molecule has 1 N–H and O–H groups in total. The zero-order valence-electron chi connectivity index (χ0n) is 53.7. The highest BCUT2D eigenvalue weighted by atomic mass is 31.2. The maximum absolute atomic E-state index is 12.9. The second kappa shape index (κ2) is 62.2. The van der Waals surface area contributed by atoms with Crippen LogP contribution in [0.3, 0.4) is 0 Å². The SMILES string of the molecule is CC/C=C\C/C=C\C/C=C\C/C=C\C/C=C\C/C=C\C/C=C\C/C=C\CCCCCCCCCCCCC(=O)OC(COC(=O)CCCCCCCCCCCCC/C=C\CCCCCCCCCC)COP(=O)(O)OCC[N+](C)(C)C. The molecule has 472 valence electrons. The van der Waals surface area contributed by atoms with Gasteiger partial charge in [0.15, 0.2) is 6.10 Å². The Labute approximate surface area is 506 Å². The molecular weight excluding hydrogens is 1040 g/mol. The predicted molar refractivity (Wildman–Crippen MR) is 353 cm³/mol. The van der Waals surface area contributed by atoms with Crippen LogP contribution in [0.15, 0.2) is 109 Å². The molecule has 0 amide bonds. The molecule has 0 aromatic rings. The molecule has 0 saturated carbocycles. The van der Waals surface area contributed by atoms with Gasteiger partial charge in [0.1, 0.15) is 19.8 Å². The Bertz CT molecular complexity index is 1750. The molecule has 0 heterocycles. The molecule has 0 aromatic heterocycles. The summed E-state index contributed by atoms with van der Waals surface area (Å²) in [5, 5.41) is 0. The van der Waals surface area contributed by atoms with Gasteiger partial charge in [-0.15, -0.1) is 0 Å². The van der Waals surface area contributed by atoms with Gasteiger partial charge in [-0.1, -0.05) is 277 Å². The predicted octanol–water partition coefficient (Wildman–Crippen LogP) is 21.7. The second-order valence-corrected chi connectivity index (χ2v) is 24.9. The van der Waals surface area contributed by atoms with Crippen LogP contribution in [0.4, 0.5) is 0 Å². The van der Waals surface area contributed by atoms with Crippen molar-refractivity contribution >= 4 is 19.8 Å². The molecular formula is C72H127NO8P+. The number of carbonyl (C=O) groups is 2. The maximum atomic E-state index is 12.9. The van der Waals surface area contributed by atoms with Crippen molar-refractivity contribution in [1.29, 1.82) is 0 Å². The number of esters is 2. The minimum Gasteiger partial charge on any atom is -0.462 e. The standard InChI is InChI=1S/C72H126NO8P/c1-6-8-10-12-14-16-18-20-22-24-26-28-30-31-32-33-34-35-36-37-38-39-40-41-43-45-47-49-51-53-55-57-59-61-63-65-72(75)81-70(69-80-82(76,77)79-67-66-73(3,4)5)68-78-71(74)64-62-60-58-56-54-52-50-48-46-44-42-29-27-25-23-21-19-17-15-13-11-9-7-2/h8,10,14,16,20,22,25-28,31-32,34-35,37-38,40-41,70H,6-7,9,11-13,15,17-19,21,23-24,29-30,33,36,39,42-69H2,1-5H3/p+1/b10-8-,16-14-,22-20-,27-25-,28-26-,32-31-,35-34-,38-37-,41-40-. The first-order valence-corrected chi connectivity index (χ1v) is 35.1. The molecule has 2 atom stereocenters. The maximum Gasteiger partial charge on any atom is 0.472 e. The van der Waals surface area contributed by atoms with Gasteiger partial charge in [0.25, 0.3) is 0 Å². The third-order valence-corrected chi connectivity index (χ3v) is 15.3. The third kappa shape index (κ3) is 65.8. The number of unbranched alkanes of at least 4 members (excludes halogenated alkanes) is 29. The van der Waals surface area contributed by atoms with Crippen LogP contribution in [0.5, 0.6) is 0 Å². The molecule has 0 rings (SSSR count). The number of ether oxygens (including phenoxy) is 2. The number of carbonyl (C=O) groups excluding carboxylic acids is 2. The summed E-state index contributed by atoms with van der Waals surface area (Å²) in [5.74, 6) is -0.801. The summed E-state index contributed by atoms with van der Waals surface area (Å²) in [7, 11) is 1.47. The van der Waals surface area contributed by atoms with Crippen LogP contribution in [0.25, 0.3) is 0 Å². The molecule has 82 heavy (non-hydrogen) atoms. The van der Waals surface area contributed by atoms with Gasteiger partial charge in [0, 0.05) is 12.8 Å². The van der Waals surface area contributed by atoms with Crippen LogP contribution in [0, 0.1) is 0 Å². The first-order valence-electron chi connectivity index (χ1n) is 33.6. The Kier molecular flexibility index (Phi) is 59.7.